The van der Waals surface area contributed by atoms with Gasteiger partial charge in [-0.25, -0.2) is 4.98 Å². The minimum absolute atomic E-state index is 0.0541. The van der Waals surface area contributed by atoms with Crippen molar-refractivity contribution in [1.29, 1.82) is 0 Å². The van der Waals surface area contributed by atoms with E-state index in [2.05, 4.69) is 4.98 Å². The van der Waals surface area contributed by atoms with Crippen LogP contribution in [0.4, 0.5) is 0 Å². The molecule has 1 heterocycles. The molecule has 0 aliphatic rings. The van der Waals surface area contributed by atoms with Gasteiger partial charge in [0.1, 0.15) is 5.60 Å². The van der Waals surface area contributed by atoms with E-state index >= 15 is 0 Å². The molecule has 0 aliphatic carbocycles. The van der Waals surface area contributed by atoms with Crippen molar-refractivity contribution in [2.24, 2.45) is 5.92 Å². The Morgan fingerprint density at radius 2 is 1.72 bits per heavy atom. The van der Waals surface area contributed by atoms with Gasteiger partial charge in [0.05, 0.1) is 19.1 Å². The van der Waals surface area contributed by atoms with E-state index in [1.807, 2.05) is 44.2 Å². The van der Waals surface area contributed by atoms with Crippen molar-refractivity contribution in [2.45, 2.75) is 19.4 Å². The van der Waals surface area contributed by atoms with Crippen molar-refractivity contribution in [2.75, 3.05) is 14.2 Å². The highest BCUT2D eigenvalue weighted by Crippen LogP contribution is 2.42. The number of aliphatic hydroxyl groups is 1. The number of halogens is 1. The normalized spacial score (nSPS) is 13.9. The second-order valence-electron chi connectivity index (χ2n) is 6.17. The molecular weight excluding hydrogens is 358 g/mol. The Morgan fingerprint density at radius 3 is 2.24 bits per heavy atom. The van der Waals surface area contributed by atoms with Crippen molar-refractivity contribution in [3.63, 3.8) is 0 Å². The summed E-state index contributed by atoms with van der Waals surface area (Å²) in [4.78, 5) is 4.82. The fourth-order valence-corrected chi connectivity index (χ4v) is 4.20. The Labute approximate surface area is 156 Å². The van der Waals surface area contributed by atoms with Crippen LogP contribution in [0.1, 0.15) is 24.3 Å². The molecule has 6 heteroatoms. The predicted molar refractivity (Wildman–Crippen MR) is 102 cm³/mol. The molecule has 0 aliphatic heterocycles. The van der Waals surface area contributed by atoms with Crippen molar-refractivity contribution in [1.82, 2.24) is 4.98 Å². The lowest BCUT2D eigenvalue weighted by Gasteiger charge is -2.31. The summed E-state index contributed by atoms with van der Waals surface area (Å²) < 4.78 is 11.2. The fraction of sp³-hybridized carbons (Fsp3) is 0.316. The van der Waals surface area contributed by atoms with Crippen LogP contribution in [0.15, 0.2) is 36.5 Å². The summed E-state index contributed by atoms with van der Waals surface area (Å²) in [6.07, 6.45) is 1.64. The molecule has 3 rings (SSSR count). The minimum Gasteiger partial charge on any atom is -0.493 e. The zero-order valence-corrected chi connectivity index (χ0v) is 16.1. The van der Waals surface area contributed by atoms with E-state index in [0.29, 0.717) is 16.0 Å². The van der Waals surface area contributed by atoms with Crippen LogP contribution in [0.2, 0.25) is 4.47 Å². The van der Waals surface area contributed by atoms with Crippen LogP contribution in [-0.2, 0) is 5.60 Å². The number of rotatable bonds is 5. The number of hydrogen-bond acceptors (Lipinski definition) is 5. The van der Waals surface area contributed by atoms with Crippen LogP contribution in [0, 0.1) is 5.92 Å². The Morgan fingerprint density at radius 1 is 1.08 bits per heavy atom. The van der Waals surface area contributed by atoms with E-state index < -0.39 is 5.60 Å². The van der Waals surface area contributed by atoms with Crippen LogP contribution in [0.3, 0.4) is 0 Å². The third kappa shape index (κ3) is 3.08. The highest BCUT2D eigenvalue weighted by atomic mass is 35.5. The highest BCUT2D eigenvalue weighted by Gasteiger charge is 2.37. The summed E-state index contributed by atoms with van der Waals surface area (Å²) in [6, 6.07) is 9.73. The number of benzene rings is 2. The van der Waals surface area contributed by atoms with E-state index in [-0.39, 0.29) is 5.92 Å². The second-order valence-corrected chi connectivity index (χ2v) is 7.78. The quantitative estimate of drug-likeness (QED) is 0.689. The van der Waals surface area contributed by atoms with Gasteiger partial charge in [-0.05, 0) is 40.5 Å². The SMILES string of the molecule is COc1cc2ccc(C(O)(c3cnc(Cl)s3)C(C)C)cc2cc1OC. The van der Waals surface area contributed by atoms with Gasteiger partial charge in [-0.3, -0.25) is 0 Å². The van der Waals surface area contributed by atoms with E-state index in [1.165, 1.54) is 11.3 Å². The van der Waals surface area contributed by atoms with Crippen molar-refractivity contribution in [3.05, 3.63) is 51.4 Å². The maximum absolute atomic E-state index is 11.5. The van der Waals surface area contributed by atoms with E-state index in [9.17, 15) is 5.11 Å². The summed E-state index contributed by atoms with van der Waals surface area (Å²) in [5, 5.41) is 13.5. The molecule has 3 aromatic rings. The number of aromatic nitrogens is 1. The largest absolute Gasteiger partial charge is 0.493 e. The molecule has 0 saturated heterocycles. The average Bonchev–Trinajstić information content (AvgIpc) is 3.05. The van der Waals surface area contributed by atoms with E-state index in [0.717, 1.165) is 21.2 Å². The van der Waals surface area contributed by atoms with Gasteiger partial charge in [0.2, 0.25) is 0 Å². The monoisotopic (exact) mass is 377 g/mol. The Bertz CT molecular complexity index is 909. The summed E-state index contributed by atoms with van der Waals surface area (Å²) >= 11 is 7.29. The van der Waals surface area contributed by atoms with Gasteiger partial charge < -0.3 is 14.6 Å². The standard InChI is InChI=1S/C19H20ClNO3S/c1-11(2)19(22,17-10-21-18(20)25-17)14-6-5-12-8-15(23-3)16(24-4)9-13(12)7-14/h5-11,22H,1-4H3. The first kappa shape index (κ1) is 18.0. The molecule has 0 saturated carbocycles. The Kier molecular flexibility index (Phi) is 4.91. The molecule has 2 aromatic carbocycles. The van der Waals surface area contributed by atoms with Gasteiger partial charge in [0, 0.05) is 6.20 Å². The highest BCUT2D eigenvalue weighted by molar-refractivity contribution is 7.15. The molecule has 1 N–H and O–H groups in total. The van der Waals surface area contributed by atoms with Gasteiger partial charge in [0.15, 0.2) is 16.0 Å². The van der Waals surface area contributed by atoms with E-state index in [1.54, 1.807) is 20.4 Å². The summed E-state index contributed by atoms with van der Waals surface area (Å²) in [5.74, 6) is 1.28. The zero-order chi connectivity index (χ0) is 18.2. The molecule has 0 bridgehead atoms. The first-order valence-corrected chi connectivity index (χ1v) is 9.10. The van der Waals surface area contributed by atoms with Crippen molar-refractivity contribution in [3.8, 4) is 11.5 Å². The topological polar surface area (TPSA) is 51.6 Å². The molecule has 1 aromatic heterocycles. The molecule has 0 spiro atoms. The van der Waals surface area contributed by atoms with Gasteiger partial charge in [-0.15, -0.1) is 11.3 Å². The predicted octanol–water partition coefficient (Wildman–Crippen LogP) is 4.86. The fourth-order valence-electron chi connectivity index (χ4n) is 3.00. The second kappa shape index (κ2) is 6.83. The Hall–Kier alpha value is -1.82. The van der Waals surface area contributed by atoms with Crippen molar-refractivity contribution >= 4 is 33.7 Å². The van der Waals surface area contributed by atoms with Crippen LogP contribution >= 0.6 is 22.9 Å². The number of thiazole rings is 1. The van der Waals surface area contributed by atoms with Crippen LogP contribution in [-0.4, -0.2) is 24.3 Å². The van der Waals surface area contributed by atoms with Gasteiger partial charge in [-0.1, -0.05) is 37.6 Å². The van der Waals surface area contributed by atoms with Gasteiger partial charge >= 0.3 is 0 Å². The molecule has 0 amide bonds. The average molecular weight is 378 g/mol. The third-order valence-corrected chi connectivity index (χ3v) is 5.71. The zero-order valence-electron chi connectivity index (χ0n) is 14.5. The molecule has 0 fully saturated rings. The van der Waals surface area contributed by atoms with Crippen LogP contribution in [0.25, 0.3) is 10.8 Å². The lowest BCUT2D eigenvalue weighted by atomic mass is 9.81. The summed E-state index contributed by atoms with van der Waals surface area (Å²) in [6.45, 7) is 3.96. The number of nitrogens with zero attached hydrogens (tertiary/aromatic N) is 1. The number of methoxy groups -OCH3 is 2. The van der Waals surface area contributed by atoms with Crippen LogP contribution in [0.5, 0.6) is 11.5 Å². The number of ether oxygens (including phenoxy) is 2. The minimum atomic E-state index is -1.16. The molecule has 4 nitrogen and oxygen atoms in total. The van der Waals surface area contributed by atoms with Gasteiger partial charge in [0.25, 0.3) is 0 Å². The molecular formula is C19H20ClNO3S. The maximum atomic E-state index is 11.5. The summed E-state index contributed by atoms with van der Waals surface area (Å²) in [5.41, 5.74) is -0.367. The molecule has 25 heavy (non-hydrogen) atoms. The molecule has 132 valence electrons. The molecule has 1 unspecified atom stereocenters. The van der Waals surface area contributed by atoms with Crippen molar-refractivity contribution < 1.29 is 14.6 Å². The smallest absolute Gasteiger partial charge is 0.183 e. The van der Waals surface area contributed by atoms with E-state index in [4.69, 9.17) is 21.1 Å². The first-order valence-electron chi connectivity index (χ1n) is 7.90. The maximum Gasteiger partial charge on any atom is 0.183 e. The van der Waals surface area contributed by atoms with Gasteiger partial charge in [-0.2, -0.15) is 0 Å². The lowest BCUT2D eigenvalue weighted by Crippen LogP contribution is -2.32. The first-order chi connectivity index (χ1) is 11.9. The number of fused-ring (bicyclic) bond motifs is 1. The summed E-state index contributed by atoms with van der Waals surface area (Å²) in [7, 11) is 3.22. The lowest BCUT2D eigenvalue weighted by molar-refractivity contribution is 0.0353. The molecule has 1 atom stereocenters. The third-order valence-electron chi connectivity index (χ3n) is 4.47. The molecule has 0 radical (unpaired) electrons. The van der Waals surface area contributed by atoms with Crippen LogP contribution < -0.4 is 9.47 Å². The Balaban J connectivity index is 2.19. The number of hydrogen-bond donors (Lipinski definition) is 1.